The van der Waals surface area contributed by atoms with Crippen molar-refractivity contribution < 1.29 is 4.74 Å². The normalized spacial score (nSPS) is 10.5. The van der Waals surface area contributed by atoms with Gasteiger partial charge in [-0.2, -0.15) is 0 Å². The largest absolute Gasteiger partial charge is 0.491 e. The van der Waals surface area contributed by atoms with Crippen LogP contribution in [0, 0.1) is 6.92 Å². The zero-order valence-electron chi connectivity index (χ0n) is 14.3. The second-order valence-corrected chi connectivity index (χ2v) is 7.31. The SMILES string of the molecule is Cc1ccc(SCCNC(=S)Nc2ccc(OC(C)C)cc2)cc1. The Morgan fingerprint density at radius 3 is 2.38 bits per heavy atom. The molecule has 5 heteroatoms. The molecule has 0 atom stereocenters. The van der Waals surface area contributed by atoms with Crippen molar-refractivity contribution in [2.24, 2.45) is 0 Å². The standard InChI is InChI=1S/C19H24N2OS2/c1-14(2)22-17-8-6-16(7-9-17)21-19(23)20-12-13-24-18-10-4-15(3)5-11-18/h4-11,14H,12-13H2,1-3H3,(H2,20,21,23). The quantitative estimate of drug-likeness (QED) is 0.419. The maximum Gasteiger partial charge on any atom is 0.170 e. The van der Waals surface area contributed by atoms with Crippen LogP contribution in [0.1, 0.15) is 19.4 Å². The Labute approximate surface area is 154 Å². The van der Waals surface area contributed by atoms with Crippen LogP contribution >= 0.6 is 24.0 Å². The van der Waals surface area contributed by atoms with Gasteiger partial charge in [-0.1, -0.05) is 17.7 Å². The van der Waals surface area contributed by atoms with E-state index >= 15 is 0 Å². The van der Waals surface area contributed by atoms with Crippen molar-refractivity contribution in [2.45, 2.75) is 31.8 Å². The van der Waals surface area contributed by atoms with Gasteiger partial charge in [-0.05, 0) is 69.4 Å². The molecule has 0 unspecified atom stereocenters. The lowest BCUT2D eigenvalue weighted by Crippen LogP contribution is -2.30. The highest BCUT2D eigenvalue weighted by molar-refractivity contribution is 7.99. The van der Waals surface area contributed by atoms with E-state index in [4.69, 9.17) is 17.0 Å². The molecular formula is C19H24N2OS2. The maximum absolute atomic E-state index is 5.62. The molecule has 0 amide bonds. The highest BCUT2D eigenvalue weighted by Gasteiger charge is 2.00. The Balaban J connectivity index is 1.68. The van der Waals surface area contributed by atoms with Gasteiger partial charge in [0.25, 0.3) is 0 Å². The Kier molecular flexibility index (Phi) is 7.40. The number of anilines is 1. The molecule has 2 aromatic carbocycles. The number of hydrogen-bond acceptors (Lipinski definition) is 3. The summed E-state index contributed by atoms with van der Waals surface area (Å²) in [4.78, 5) is 1.28. The Bertz CT molecular complexity index is 639. The van der Waals surface area contributed by atoms with Crippen molar-refractivity contribution in [1.29, 1.82) is 0 Å². The first kappa shape index (κ1) is 18.6. The molecule has 0 fully saturated rings. The maximum atomic E-state index is 5.62. The van der Waals surface area contributed by atoms with E-state index in [1.54, 1.807) is 0 Å². The van der Waals surface area contributed by atoms with E-state index in [1.807, 2.05) is 49.9 Å². The smallest absolute Gasteiger partial charge is 0.170 e. The highest BCUT2D eigenvalue weighted by atomic mass is 32.2. The minimum Gasteiger partial charge on any atom is -0.491 e. The zero-order chi connectivity index (χ0) is 17.4. The van der Waals surface area contributed by atoms with Crippen LogP contribution in [0.25, 0.3) is 0 Å². The molecule has 2 N–H and O–H groups in total. The van der Waals surface area contributed by atoms with E-state index in [0.29, 0.717) is 5.11 Å². The number of thiocarbonyl (C=S) groups is 1. The van der Waals surface area contributed by atoms with E-state index in [9.17, 15) is 0 Å². The summed E-state index contributed by atoms with van der Waals surface area (Å²) in [6, 6.07) is 16.4. The summed E-state index contributed by atoms with van der Waals surface area (Å²) in [5.41, 5.74) is 2.24. The summed E-state index contributed by atoms with van der Waals surface area (Å²) >= 11 is 7.14. The first-order valence-electron chi connectivity index (χ1n) is 8.04. The van der Waals surface area contributed by atoms with Gasteiger partial charge in [0.2, 0.25) is 0 Å². The van der Waals surface area contributed by atoms with Crippen molar-refractivity contribution in [3.63, 3.8) is 0 Å². The van der Waals surface area contributed by atoms with Crippen molar-refractivity contribution in [2.75, 3.05) is 17.6 Å². The predicted octanol–water partition coefficient (Wildman–Crippen LogP) is 4.86. The monoisotopic (exact) mass is 360 g/mol. The number of benzene rings is 2. The topological polar surface area (TPSA) is 33.3 Å². The second-order valence-electron chi connectivity index (χ2n) is 5.73. The molecule has 128 valence electrons. The number of rotatable bonds is 7. The van der Waals surface area contributed by atoms with Gasteiger partial charge >= 0.3 is 0 Å². The number of thioether (sulfide) groups is 1. The van der Waals surface area contributed by atoms with Gasteiger partial charge < -0.3 is 15.4 Å². The summed E-state index contributed by atoms with van der Waals surface area (Å²) < 4.78 is 5.62. The number of hydrogen-bond donors (Lipinski definition) is 2. The molecule has 0 aliphatic carbocycles. The zero-order valence-corrected chi connectivity index (χ0v) is 16.0. The molecule has 0 saturated carbocycles. The fourth-order valence-electron chi connectivity index (χ4n) is 2.03. The van der Waals surface area contributed by atoms with Crippen LogP contribution in [0.15, 0.2) is 53.4 Å². The molecule has 0 heterocycles. The third-order valence-electron chi connectivity index (χ3n) is 3.16. The molecule has 24 heavy (non-hydrogen) atoms. The van der Waals surface area contributed by atoms with Crippen LogP contribution in [0.3, 0.4) is 0 Å². The van der Waals surface area contributed by atoms with Gasteiger partial charge in [0.15, 0.2) is 5.11 Å². The van der Waals surface area contributed by atoms with Gasteiger partial charge in [-0.25, -0.2) is 0 Å². The fourth-order valence-corrected chi connectivity index (χ4v) is 3.02. The molecular weight excluding hydrogens is 336 g/mol. The van der Waals surface area contributed by atoms with Gasteiger partial charge in [0.05, 0.1) is 6.10 Å². The second kappa shape index (κ2) is 9.55. The van der Waals surface area contributed by atoms with E-state index in [0.717, 1.165) is 23.7 Å². The summed E-state index contributed by atoms with van der Waals surface area (Å²) in [6.07, 6.45) is 0.178. The molecule has 2 rings (SSSR count). The average Bonchev–Trinajstić information content (AvgIpc) is 2.55. The van der Waals surface area contributed by atoms with Crippen LogP contribution in [-0.4, -0.2) is 23.5 Å². The van der Waals surface area contributed by atoms with Gasteiger partial charge in [-0.3, -0.25) is 0 Å². The lowest BCUT2D eigenvalue weighted by Gasteiger charge is -2.12. The van der Waals surface area contributed by atoms with Gasteiger partial charge in [0, 0.05) is 22.9 Å². The van der Waals surface area contributed by atoms with E-state index < -0.39 is 0 Å². The third-order valence-corrected chi connectivity index (χ3v) is 4.42. The molecule has 0 aromatic heterocycles. The fraction of sp³-hybridized carbons (Fsp3) is 0.316. The molecule has 0 radical (unpaired) electrons. The lowest BCUT2D eigenvalue weighted by molar-refractivity contribution is 0.242. The van der Waals surface area contributed by atoms with Crippen molar-refractivity contribution in [1.82, 2.24) is 5.32 Å². The average molecular weight is 361 g/mol. The van der Waals surface area contributed by atoms with E-state index in [1.165, 1.54) is 10.5 Å². The number of aryl methyl sites for hydroxylation is 1. The van der Waals surface area contributed by atoms with E-state index in [-0.39, 0.29) is 6.10 Å². The summed E-state index contributed by atoms with van der Waals surface area (Å²) in [5, 5.41) is 7.05. The molecule has 0 aliphatic heterocycles. The molecule has 0 saturated heterocycles. The number of nitrogens with one attached hydrogen (secondary N) is 2. The molecule has 2 aromatic rings. The van der Waals surface area contributed by atoms with Crippen molar-refractivity contribution in [3.8, 4) is 5.75 Å². The summed E-state index contributed by atoms with van der Waals surface area (Å²) in [5.74, 6) is 1.83. The molecule has 0 spiro atoms. The van der Waals surface area contributed by atoms with Crippen LogP contribution in [0.4, 0.5) is 5.69 Å². The predicted molar refractivity (Wildman–Crippen MR) is 108 cm³/mol. The van der Waals surface area contributed by atoms with E-state index in [2.05, 4.69) is 41.8 Å². The summed E-state index contributed by atoms with van der Waals surface area (Å²) in [6.45, 7) is 6.94. The third kappa shape index (κ3) is 6.81. The van der Waals surface area contributed by atoms with Crippen molar-refractivity contribution >= 4 is 34.8 Å². The molecule has 0 aliphatic rings. The van der Waals surface area contributed by atoms with Crippen LogP contribution in [0.5, 0.6) is 5.75 Å². The highest BCUT2D eigenvalue weighted by Crippen LogP contribution is 2.18. The molecule has 0 bridgehead atoms. The number of ether oxygens (including phenoxy) is 1. The first-order chi connectivity index (χ1) is 11.5. The summed E-state index contributed by atoms with van der Waals surface area (Å²) in [7, 11) is 0. The van der Waals surface area contributed by atoms with Crippen molar-refractivity contribution in [3.05, 3.63) is 54.1 Å². The van der Waals surface area contributed by atoms with Gasteiger partial charge in [0.1, 0.15) is 5.75 Å². The lowest BCUT2D eigenvalue weighted by atomic mass is 10.2. The van der Waals surface area contributed by atoms with Crippen LogP contribution in [0.2, 0.25) is 0 Å². The Morgan fingerprint density at radius 2 is 1.75 bits per heavy atom. The van der Waals surface area contributed by atoms with Crippen LogP contribution in [-0.2, 0) is 0 Å². The first-order valence-corrected chi connectivity index (χ1v) is 9.43. The van der Waals surface area contributed by atoms with Crippen LogP contribution < -0.4 is 15.4 Å². The van der Waals surface area contributed by atoms with Gasteiger partial charge in [-0.15, -0.1) is 11.8 Å². The Morgan fingerprint density at radius 1 is 1.08 bits per heavy atom. The minimum atomic E-state index is 0.178. The molecule has 3 nitrogen and oxygen atoms in total. The minimum absolute atomic E-state index is 0.178. The Hall–Kier alpha value is -1.72.